The largest absolute Gasteiger partial charge is 0.240 e. The number of thioether (sulfide) groups is 1. The molecule has 118 valence electrons. The maximum atomic E-state index is 9.90. The zero-order chi connectivity index (χ0) is 17.1. The van der Waals surface area contributed by atoms with E-state index in [-0.39, 0.29) is 0 Å². The molecule has 0 radical (unpaired) electrons. The summed E-state index contributed by atoms with van der Waals surface area (Å²) in [7, 11) is 0. The van der Waals surface area contributed by atoms with Crippen molar-refractivity contribution >= 4 is 35.3 Å². The standard InChI is InChI=1S/C10H11NO.C8H7NOS/c1-8(2)9-3-5-10(6-4-9)11-7-12;1-11-8-4-2-7(3-5-8)9-6-10/h3-6,8H,1-2H3;2-5H,1H3. The van der Waals surface area contributed by atoms with Gasteiger partial charge in [0.25, 0.3) is 0 Å². The summed E-state index contributed by atoms with van der Waals surface area (Å²) in [6.45, 7) is 4.25. The molecular weight excluding hydrogens is 308 g/mol. The van der Waals surface area contributed by atoms with Gasteiger partial charge in [0.05, 0.1) is 11.4 Å². The maximum Gasteiger partial charge on any atom is 0.240 e. The first-order valence-corrected chi connectivity index (χ1v) is 8.23. The molecular formula is C18H18N2O2S. The van der Waals surface area contributed by atoms with Gasteiger partial charge in [0.2, 0.25) is 12.2 Å². The first-order valence-electron chi connectivity index (χ1n) is 7.00. The molecule has 2 aromatic carbocycles. The summed E-state index contributed by atoms with van der Waals surface area (Å²) in [6.07, 6.45) is 5.00. The average molecular weight is 326 g/mol. The number of hydrogen-bond acceptors (Lipinski definition) is 5. The van der Waals surface area contributed by atoms with E-state index in [1.165, 1.54) is 17.7 Å². The topological polar surface area (TPSA) is 58.9 Å². The van der Waals surface area contributed by atoms with Crippen molar-refractivity contribution in [1.29, 1.82) is 0 Å². The van der Waals surface area contributed by atoms with E-state index >= 15 is 0 Å². The summed E-state index contributed by atoms with van der Waals surface area (Å²) in [5.41, 5.74) is 2.56. The van der Waals surface area contributed by atoms with E-state index in [1.54, 1.807) is 23.9 Å². The van der Waals surface area contributed by atoms with Gasteiger partial charge in [-0.15, -0.1) is 11.8 Å². The fourth-order valence-corrected chi connectivity index (χ4v) is 2.10. The van der Waals surface area contributed by atoms with E-state index in [1.807, 2.05) is 42.7 Å². The molecule has 0 N–H and O–H groups in total. The lowest BCUT2D eigenvalue weighted by Gasteiger charge is -2.03. The molecule has 23 heavy (non-hydrogen) atoms. The lowest BCUT2D eigenvalue weighted by molar-refractivity contribution is 0.564. The second-order valence-corrected chi connectivity index (χ2v) is 5.73. The molecule has 5 heteroatoms. The summed E-state index contributed by atoms with van der Waals surface area (Å²) < 4.78 is 0. The highest BCUT2D eigenvalue weighted by Crippen LogP contribution is 2.19. The van der Waals surface area contributed by atoms with Crippen molar-refractivity contribution in [3.8, 4) is 0 Å². The average Bonchev–Trinajstić information content (AvgIpc) is 2.57. The van der Waals surface area contributed by atoms with Gasteiger partial charge in [0.1, 0.15) is 0 Å². The van der Waals surface area contributed by atoms with Gasteiger partial charge < -0.3 is 0 Å². The fraction of sp³-hybridized carbons (Fsp3) is 0.222. The maximum absolute atomic E-state index is 9.90. The fourth-order valence-electron chi connectivity index (χ4n) is 1.70. The van der Waals surface area contributed by atoms with E-state index in [0.717, 1.165) is 4.90 Å². The van der Waals surface area contributed by atoms with E-state index in [2.05, 4.69) is 23.8 Å². The Bertz CT molecular complexity index is 697. The summed E-state index contributed by atoms with van der Waals surface area (Å²) in [6, 6.07) is 15.0. The molecule has 2 aromatic rings. The predicted molar refractivity (Wildman–Crippen MR) is 94.3 cm³/mol. The first-order chi connectivity index (χ1) is 11.1. The van der Waals surface area contributed by atoms with Crippen molar-refractivity contribution in [3.63, 3.8) is 0 Å². The molecule has 4 nitrogen and oxygen atoms in total. The van der Waals surface area contributed by atoms with Crippen molar-refractivity contribution < 1.29 is 9.59 Å². The van der Waals surface area contributed by atoms with E-state index in [4.69, 9.17) is 0 Å². The van der Waals surface area contributed by atoms with E-state index in [0.29, 0.717) is 17.3 Å². The quantitative estimate of drug-likeness (QED) is 0.443. The van der Waals surface area contributed by atoms with Crippen molar-refractivity contribution in [2.24, 2.45) is 9.98 Å². The molecule has 0 saturated carbocycles. The first kappa shape index (κ1) is 18.6. The van der Waals surface area contributed by atoms with E-state index in [9.17, 15) is 9.59 Å². The van der Waals surface area contributed by atoms with Crippen LogP contribution in [-0.4, -0.2) is 18.4 Å². The van der Waals surface area contributed by atoms with Crippen LogP contribution in [0, 0.1) is 0 Å². The number of rotatable bonds is 4. The third-order valence-electron chi connectivity index (χ3n) is 2.98. The molecule has 0 aliphatic rings. The minimum atomic E-state index is 0.513. The molecule has 0 bridgehead atoms. The predicted octanol–water partition coefficient (Wildman–Crippen LogP) is 5.15. The van der Waals surface area contributed by atoms with Crippen LogP contribution < -0.4 is 0 Å². The third kappa shape index (κ3) is 6.90. The van der Waals surface area contributed by atoms with Gasteiger partial charge >= 0.3 is 0 Å². The Hall–Kier alpha value is -2.45. The van der Waals surface area contributed by atoms with Gasteiger partial charge in [0.15, 0.2) is 0 Å². The minimum absolute atomic E-state index is 0.513. The Kier molecular flexibility index (Phi) is 8.33. The zero-order valence-corrected chi connectivity index (χ0v) is 14.1. The third-order valence-corrected chi connectivity index (χ3v) is 3.73. The number of benzene rings is 2. The van der Waals surface area contributed by atoms with Crippen LogP contribution in [-0.2, 0) is 9.59 Å². The Balaban J connectivity index is 0.000000231. The molecule has 0 heterocycles. The Morgan fingerprint density at radius 3 is 1.61 bits per heavy atom. The Labute approximate surface area is 140 Å². The Morgan fingerprint density at radius 2 is 1.26 bits per heavy atom. The minimum Gasteiger partial charge on any atom is -0.211 e. The van der Waals surface area contributed by atoms with Crippen LogP contribution in [0.3, 0.4) is 0 Å². The summed E-state index contributed by atoms with van der Waals surface area (Å²) in [5, 5.41) is 0. The van der Waals surface area contributed by atoms with Gasteiger partial charge in [-0.3, -0.25) is 0 Å². The Morgan fingerprint density at radius 1 is 0.826 bits per heavy atom. The van der Waals surface area contributed by atoms with Gasteiger partial charge in [-0.2, -0.15) is 9.98 Å². The molecule has 2 rings (SSSR count). The summed E-state index contributed by atoms with van der Waals surface area (Å²) in [5.74, 6) is 0.513. The molecule has 0 atom stereocenters. The highest BCUT2D eigenvalue weighted by molar-refractivity contribution is 7.98. The van der Waals surface area contributed by atoms with Crippen LogP contribution in [0.5, 0.6) is 0 Å². The SMILES string of the molecule is CC(C)c1ccc(N=C=O)cc1.CSc1ccc(N=C=O)cc1. The normalized spacial score (nSPS) is 9.22. The molecule has 0 fully saturated rings. The molecule has 0 aliphatic heterocycles. The summed E-state index contributed by atoms with van der Waals surface area (Å²) in [4.78, 5) is 27.9. The molecule has 0 unspecified atom stereocenters. The zero-order valence-electron chi connectivity index (χ0n) is 13.3. The van der Waals surface area contributed by atoms with Crippen LogP contribution >= 0.6 is 11.8 Å². The van der Waals surface area contributed by atoms with Crippen LogP contribution in [0.1, 0.15) is 25.3 Å². The smallest absolute Gasteiger partial charge is 0.211 e. The number of aliphatic imine (C=N–C) groups is 2. The molecule has 0 aliphatic carbocycles. The number of carbonyl (C=O) groups excluding carboxylic acids is 2. The van der Waals surface area contributed by atoms with Crippen LogP contribution in [0.4, 0.5) is 11.4 Å². The van der Waals surface area contributed by atoms with Gasteiger partial charge in [-0.05, 0) is 54.1 Å². The lowest BCUT2D eigenvalue weighted by Crippen LogP contribution is -1.84. The number of hydrogen-bond donors (Lipinski definition) is 0. The van der Waals surface area contributed by atoms with E-state index < -0.39 is 0 Å². The second kappa shape index (κ2) is 10.3. The van der Waals surface area contributed by atoms with Crippen molar-refractivity contribution in [2.75, 3.05) is 6.26 Å². The van der Waals surface area contributed by atoms with Gasteiger partial charge in [-0.25, -0.2) is 9.59 Å². The monoisotopic (exact) mass is 326 g/mol. The van der Waals surface area contributed by atoms with Crippen LogP contribution in [0.15, 0.2) is 63.4 Å². The van der Waals surface area contributed by atoms with Gasteiger partial charge in [-0.1, -0.05) is 26.0 Å². The number of isocyanates is 2. The van der Waals surface area contributed by atoms with Crippen LogP contribution in [0.25, 0.3) is 0 Å². The van der Waals surface area contributed by atoms with Gasteiger partial charge in [0, 0.05) is 4.90 Å². The summed E-state index contributed by atoms with van der Waals surface area (Å²) >= 11 is 1.66. The second-order valence-electron chi connectivity index (χ2n) is 4.85. The molecule has 0 spiro atoms. The highest BCUT2D eigenvalue weighted by atomic mass is 32.2. The van der Waals surface area contributed by atoms with Crippen molar-refractivity contribution in [1.82, 2.24) is 0 Å². The molecule has 0 amide bonds. The molecule has 0 saturated heterocycles. The highest BCUT2D eigenvalue weighted by Gasteiger charge is 1.97. The number of nitrogens with zero attached hydrogens (tertiary/aromatic N) is 2. The molecule has 0 aromatic heterocycles. The lowest BCUT2D eigenvalue weighted by atomic mass is 10.0. The van der Waals surface area contributed by atoms with Crippen molar-refractivity contribution in [2.45, 2.75) is 24.7 Å². The van der Waals surface area contributed by atoms with Crippen molar-refractivity contribution in [3.05, 3.63) is 54.1 Å². The van der Waals surface area contributed by atoms with Crippen LogP contribution in [0.2, 0.25) is 0 Å².